The lowest BCUT2D eigenvalue weighted by Crippen LogP contribution is -2.10. The molecule has 0 amide bonds. The highest BCUT2D eigenvalue weighted by Crippen LogP contribution is 2.31. The summed E-state index contributed by atoms with van der Waals surface area (Å²) in [6, 6.07) is 11.8. The molecule has 0 aliphatic carbocycles. The van der Waals surface area contributed by atoms with Gasteiger partial charge in [-0.15, -0.1) is 0 Å². The van der Waals surface area contributed by atoms with Gasteiger partial charge in [0.1, 0.15) is 11.5 Å². The van der Waals surface area contributed by atoms with Gasteiger partial charge < -0.3 is 14.6 Å². The molecule has 2 aromatic carbocycles. The van der Waals surface area contributed by atoms with E-state index in [0.29, 0.717) is 5.56 Å². The zero-order valence-electron chi connectivity index (χ0n) is 16.9. The quantitative estimate of drug-likeness (QED) is 0.394. The molecule has 6 nitrogen and oxygen atoms in total. The number of ether oxygens (including phenoxy) is 2. The van der Waals surface area contributed by atoms with Crippen molar-refractivity contribution in [3.05, 3.63) is 84.5 Å². The van der Waals surface area contributed by atoms with E-state index in [9.17, 15) is 14.4 Å². The number of carbonyl (C=O) groups is 3. The molecule has 2 rings (SSSR count). The average Bonchev–Trinajstić information content (AvgIpc) is 2.68. The average molecular weight is 406 g/mol. The van der Waals surface area contributed by atoms with E-state index in [4.69, 9.17) is 14.6 Å². The van der Waals surface area contributed by atoms with Gasteiger partial charge in [0.15, 0.2) is 0 Å². The summed E-state index contributed by atoms with van der Waals surface area (Å²) in [4.78, 5) is 34.8. The highest BCUT2D eigenvalue weighted by Gasteiger charge is 2.13. The van der Waals surface area contributed by atoms with Crippen molar-refractivity contribution in [2.45, 2.75) is 20.3 Å². The van der Waals surface area contributed by atoms with Crippen LogP contribution < -0.4 is 9.47 Å². The normalized spacial score (nSPS) is 10.1. The van der Waals surface area contributed by atoms with Crippen LogP contribution in [0.25, 0.3) is 11.1 Å². The van der Waals surface area contributed by atoms with Crippen LogP contribution in [0.15, 0.2) is 78.9 Å². The van der Waals surface area contributed by atoms with Crippen LogP contribution in [-0.2, 0) is 20.8 Å². The third-order valence-corrected chi connectivity index (χ3v) is 4.01. The van der Waals surface area contributed by atoms with Gasteiger partial charge in [-0.25, -0.2) is 14.4 Å². The fraction of sp³-hybridized carbons (Fsp3) is 0.125. The second-order valence-corrected chi connectivity index (χ2v) is 6.82. The number of esters is 2. The molecular formula is C24H22O6. The molecule has 0 saturated carbocycles. The van der Waals surface area contributed by atoms with Gasteiger partial charge >= 0.3 is 17.9 Å². The molecule has 2 aromatic rings. The molecule has 0 spiro atoms. The Morgan fingerprint density at radius 2 is 1.27 bits per heavy atom. The second kappa shape index (κ2) is 9.52. The number of hydrogen-bond donors (Lipinski definition) is 1. The molecule has 0 atom stereocenters. The lowest BCUT2D eigenvalue weighted by Gasteiger charge is -2.11. The fourth-order valence-corrected chi connectivity index (χ4v) is 2.38. The molecule has 0 radical (unpaired) electrons. The molecule has 0 aromatic heterocycles. The summed E-state index contributed by atoms with van der Waals surface area (Å²) >= 11 is 0. The number of aliphatic carboxylic acids is 1. The van der Waals surface area contributed by atoms with Crippen molar-refractivity contribution >= 4 is 17.9 Å². The van der Waals surface area contributed by atoms with Crippen LogP contribution in [0.4, 0.5) is 0 Å². The highest BCUT2D eigenvalue weighted by atomic mass is 16.5. The maximum absolute atomic E-state index is 11.9. The van der Waals surface area contributed by atoms with E-state index in [-0.39, 0.29) is 34.6 Å². The molecule has 0 saturated heterocycles. The molecule has 1 N–H and O–H groups in total. The zero-order valence-corrected chi connectivity index (χ0v) is 16.9. The second-order valence-electron chi connectivity index (χ2n) is 6.82. The molecule has 0 bridgehead atoms. The Morgan fingerprint density at radius 1 is 0.800 bits per heavy atom. The first-order chi connectivity index (χ1) is 14.1. The Bertz CT molecular complexity index is 998. The molecule has 0 unspecified atom stereocenters. The van der Waals surface area contributed by atoms with E-state index in [1.54, 1.807) is 36.4 Å². The fourth-order valence-electron chi connectivity index (χ4n) is 2.38. The summed E-state index contributed by atoms with van der Waals surface area (Å²) < 4.78 is 10.6. The number of benzene rings is 2. The lowest BCUT2D eigenvalue weighted by atomic mass is 10.0. The van der Waals surface area contributed by atoms with Gasteiger partial charge in [-0.2, -0.15) is 0 Å². The van der Waals surface area contributed by atoms with Crippen LogP contribution in [0, 0.1) is 0 Å². The van der Waals surface area contributed by atoms with Crippen LogP contribution in [0.2, 0.25) is 0 Å². The largest absolute Gasteiger partial charge is 0.478 e. The van der Waals surface area contributed by atoms with E-state index in [1.165, 1.54) is 19.9 Å². The van der Waals surface area contributed by atoms with Gasteiger partial charge in [0.05, 0.1) is 0 Å². The minimum atomic E-state index is -1.05. The van der Waals surface area contributed by atoms with E-state index < -0.39 is 17.9 Å². The first kappa shape index (κ1) is 22.4. The first-order valence-corrected chi connectivity index (χ1v) is 8.97. The van der Waals surface area contributed by atoms with Gasteiger partial charge in [0.25, 0.3) is 0 Å². The van der Waals surface area contributed by atoms with Crippen LogP contribution in [0.3, 0.4) is 0 Å². The van der Waals surface area contributed by atoms with Gasteiger partial charge in [0.2, 0.25) is 0 Å². The summed E-state index contributed by atoms with van der Waals surface area (Å²) in [5.74, 6) is -1.88. The number of hydrogen-bond acceptors (Lipinski definition) is 5. The maximum Gasteiger partial charge on any atom is 0.338 e. The van der Waals surface area contributed by atoms with Crippen molar-refractivity contribution in [2.75, 3.05) is 0 Å². The van der Waals surface area contributed by atoms with Crippen LogP contribution in [0.5, 0.6) is 11.5 Å². The minimum absolute atomic E-state index is 0.0884. The molecule has 0 fully saturated rings. The number of carbonyl (C=O) groups excluding carboxylic acids is 2. The van der Waals surface area contributed by atoms with Gasteiger partial charge in [0, 0.05) is 29.2 Å². The topological polar surface area (TPSA) is 89.9 Å². The smallest absolute Gasteiger partial charge is 0.338 e. The van der Waals surface area contributed by atoms with Gasteiger partial charge in [-0.1, -0.05) is 44.0 Å². The van der Waals surface area contributed by atoms with Crippen LogP contribution in [-0.4, -0.2) is 23.0 Å². The van der Waals surface area contributed by atoms with Crippen molar-refractivity contribution in [1.82, 2.24) is 0 Å². The minimum Gasteiger partial charge on any atom is -0.478 e. The zero-order chi connectivity index (χ0) is 22.4. The Balaban J connectivity index is 2.39. The van der Waals surface area contributed by atoms with Crippen molar-refractivity contribution in [3.63, 3.8) is 0 Å². The summed E-state index contributed by atoms with van der Waals surface area (Å²) in [5, 5.41) is 8.96. The Kier molecular flexibility index (Phi) is 7.09. The van der Waals surface area contributed by atoms with Gasteiger partial charge in [-0.3, -0.25) is 0 Å². The summed E-state index contributed by atoms with van der Waals surface area (Å²) in [6.45, 7) is 13.7. The standard InChI is InChI=1S/C24H22O6/c1-14(2)23(27)29-20-11-19(12-21(13-20)30-24(28)15(3)4)18-8-6-17(7-9-18)10-16(5)22(25)26/h6-9,11-13H,1,3,5,10H2,2,4H3,(H,25,26). The maximum atomic E-state index is 11.9. The van der Waals surface area contributed by atoms with E-state index in [2.05, 4.69) is 19.7 Å². The molecule has 6 heteroatoms. The monoisotopic (exact) mass is 406 g/mol. The molecule has 154 valence electrons. The Labute approximate surface area is 174 Å². The SMILES string of the molecule is C=C(C)C(=O)Oc1cc(OC(=O)C(=C)C)cc(-c2ccc(CC(=C)C(=O)O)cc2)c1. The highest BCUT2D eigenvalue weighted by molar-refractivity contribution is 5.90. The summed E-state index contributed by atoms with van der Waals surface area (Å²) in [5.41, 5.74) is 2.71. The summed E-state index contributed by atoms with van der Waals surface area (Å²) in [6.07, 6.45) is 0.216. The van der Waals surface area contributed by atoms with E-state index >= 15 is 0 Å². The van der Waals surface area contributed by atoms with Crippen molar-refractivity contribution in [1.29, 1.82) is 0 Å². The molecule has 0 aliphatic heterocycles. The molecule has 0 aliphatic rings. The predicted molar refractivity (Wildman–Crippen MR) is 113 cm³/mol. The number of rotatable bonds is 8. The van der Waals surface area contributed by atoms with Crippen LogP contribution in [0.1, 0.15) is 19.4 Å². The van der Waals surface area contributed by atoms with E-state index in [0.717, 1.165) is 11.1 Å². The Morgan fingerprint density at radius 3 is 1.67 bits per heavy atom. The van der Waals surface area contributed by atoms with Crippen molar-refractivity contribution in [2.24, 2.45) is 0 Å². The Hall–Kier alpha value is -3.93. The van der Waals surface area contributed by atoms with Crippen LogP contribution >= 0.6 is 0 Å². The lowest BCUT2D eigenvalue weighted by molar-refractivity contribution is -0.133. The third-order valence-electron chi connectivity index (χ3n) is 4.01. The molecule has 0 heterocycles. The van der Waals surface area contributed by atoms with E-state index in [1.807, 2.05) is 0 Å². The number of carboxylic acid groups (broad SMARTS) is 1. The van der Waals surface area contributed by atoms with Crippen molar-refractivity contribution < 1.29 is 29.0 Å². The molecular weight excluding hydrogens is 384 g/mol. The predicted octanol–water partition coefficient (Wildman–Crippen LogP) is 4.50. The third kappa shape index (κ3) is 6.04. The number of carboxylic acids is 1. The van der Waals surface area contributed by atoms with Gasteiger partial charge in [-0.05, 0) is 42.7 Å². The first-order valence-electron chi connectivity index (χ1n) is 8.97. The molecule has 30 heavy (non-hydrogen) atoms. The summed E-state index contributed by atoms with van der Waals surface area (Å²) in [7, 11) is 0. The van der Waals surface area contributed by atoms with Crippen molar-refractivity contribution in [3.8, 4) is 22.6 Å².